The molecule has 0 fully saturated rings. The topological polar surface area (TPSA) is 63.7 Å². The maximum absolute atomic E-state index is 13.2. The van der Waals surface area contributed by atoms with Crippen molar-refractivity contribution in [1.29, 1.82) is 0 Å². The lowest BCUT2D eigenvalue weighted by molar-refractivity contribution is -0.137. The number of hydrogen-bond donors (Lipinski definition) is 1. The molecule has 196 valence electrons. The van der Waals surface area contributed by atoms with E-state index in [1.807, 2.05) is 36.4 Å². The number of amides is 1. The normalized spacial score (nSPS) is 16.5. The van der Waals surface area contributed by atoms with Gasteiger partial charge in [-0.05, 0) is 54.2 Å². The van der Waals surface area contributed by atoms with Crippen LogP contribution in [0.3, 0.4) is 0 Å². The fraction of sp³-hybridized carbons (Fsp3) is 0.357. The summed E-state index contributed by atoms with van der Waals surface area (Å²) in [7, 11) is 4.69. The summed E-state index contributed by atoms with van der Waals surface area (Å²) in [5.74, 6) is 0.732. The van der Waals surface area contributed by atoms with Crippen LogP contribution in [0.5, 0.6) is 11.6 Å². The monoisotopic (exact) mass is 513 g/mol. The number of aromatic nitrogens is 1. The molecule has 2 aromatic carbocycles. The van der Waals surface area contributed by atoms with Crippen LogP contribution in [0.25, 0.3) is 0 Å². The fourth-order valence-corrected chi connectivity index (χ4v) is 4.91. The number of rotatable bonds is 8. The van der Waals surface area contributed by atoms with E-state index >= 15 is 0 Å². The minimum Gasteiger partial charge on any atom is -0.491 e. The van der Waals surface area contributed by atoms with E-state index in [9.17, 15) is 18.0 Å². The number of carbonyl (C=O) groups excluding carboxylic acids is 1. The molecule has 1 aliphatic rings. The maximum Gasteiger partial charge on any atom is 0.416 e. The Bertz CT molecular complexity index is 1220. The summed E-state index contributed by atoms with van der Waals surface area (Å²) in [6, 6.07) is 15.8. The van der Waals surface area contributed by atoms with E-state index in [0.717, 1.165) is 34.5 Å². The predicted molar refractivity (Wildman–Crippen MR) is 134 cm³/mol. The quantitative estimate of drug-likeness (QED) is 0.452. The Morgan fingerprint density at radius 2 is 1.81 bits per heavy atom. The lowest BCUT2D eigenvalue weighted by atomic mass is 9.89. The van der Waals surface area contributed by atoms with E-state index in [1.54, 1.807) is 14.2 Å². The second-order valence-corrected chi connectivity index (χ2v) is 8.91. The number of hydrogen-bond acceptors (Lipinski definition) is 5. The molecule has 3 aromatic rings. The third-order valence-electron chi connectivity index (χ3n) is 6.77. The number of nitrogens with zero attached hydrogens (tertiary/aromatic N) is 2. The number of alkyl halides is 3. The van der Waals surface area contributed by atoms with E-state index < -0.39 is 17.8 Å². The second-order valence-electron chi connectivity index (χ2n) is 8.91. The van der Waals surface area contributed by atoms with Gasteiger partial charge in [0.1, 0.15) is 6.04 Å². The maximum atomic E-state index is 13.2. The van der Waals surface area contributed by atoms with Gasteiger partial charge in [0.15, 0.2) is 5.75 Å². The first-order valence-corrected chi connectivity index (χ1v) is 12.1. The van der Waals surface area contributed by atoms with Crippen LogP contribution < -0.4 is 14.8 Å². The van der Waals surface area contributed by atoms with Gasteiger partial charge in [0.05, 0.1) is 31.5 Å². The number of ether oxygens (including phenoxy) is 2. The van der Waals surface area contributed by atoms with Gasteiger partial charge in [0.25, 0.3) is 5.88 Å². The van der Waals surface area contributed by atoms with Crippen LogP contribution in [0, 0.1) is 0 Å². The largest absolute Gasteiger partial charge is 0.491 e. The number of fused-ring (bicyclic) bond motifs is 1. The molecule has 0 spiro atoms. The van der Waals surface area contributed by atoms with E-state index in [4.69, 9.17) is 14.5 Å². The molecular formula is C28H30F3N3O3. The van der Waals surface area contributed by atoms with Crippen LogP contribution in [-0.2, 0) is 23.8 Å². The number of halogens is 3. The molecule has 0 aliphatic carbocycles. The van der Waals surface area contributed by atoms with Crippen molar-refractivity contribution in [3.63, 3.8) is 0 Å². The number of likely N-dealkylation sites (N-methyl/N-ethyl adjacent to an activating group) is 1. The molecule has 9 heteroatoms. The number of carbonyl (C=O) groups is 1. The van der Waals surface area contributed by atoms with Crippen LogP contribution in [-0.4, -0.2) is 43.6 Å². The zero-order valence-electron chi connectivity index (χ0n) is 21.0. The lowest BCUT2D eigenvalue weighted by Gasteiger charge is -2.41. The summed E-state index contributed by atoms with van der Waals surface area (Å²) in [6.07, 6.45) is -2.68. The van der Waals surface area contributed by atoms with Gasteiger partial charge in [-0.3, -0.25) is 9.69 Å². The van der Waals surface area contributed by atoms with Gasteiger partial charge < -0.3 is 14.8 Å². The highest BCUT2D eigenvalue weighted by Crippen LogP contribution is 2.41. The van der Waals surface area contributed by atoms with Crippen LogP contribution in [0.2, 0.25) is 0 Å². The summed E-state index contributed by atoms with van der Waals surface area (Å²) in [4.78, 5) is 20.1. The SMILES string of the molecule is CNC(=O)C(c1ccccc1)N1CCc2cc(OC)c(OC)nc2[C@@H]1CCc1ccc(C(F)(F)F)cc1. The molecule has 1 aliphatic heterocycles. The van der Waals surface area contributed by atoms with Crippen LogP contribution in [0.15, 0.2) is 60.7 Å². The highest BCUT2D eigenvalue weighted by Gasteiger charge is 2.38. The number of aryl methyl sites for hydroxylation is 1. The van der Waals surface area contributed by atoms with E-state index in [0.29, 0.717) is 37.4 Å². The highest BCUT2D eigenvalue weighted by atomic mass is 19.4. The number of nitrogens with one attached hydrogen (secondary N) is 1. The molecule has 1 N–H and O–H groups in total. The molecule has 1 unspecified atom stereocenters. The number of pyridine rings is 1. The third kappa shape index (κ3) is 5.72. The van der Waals surface area contributed by atoms with Crippen LogP contribution in [0.1, 0.15) is 46.5 Å². The Morgan fingerprint density at radius 3 is 2.41 bits per heavy atom. The molecule has 4 rings (SSSR count). The van der Waals surface area contributed by atoms with Crippen LogP contribution >= 0.6 is 0 Å². The van der Waals surface area contributed by atoms with Gasteiger partial charge >= 0.3 is 6.18 Å². The third-order valence-corrected chi connectivity index (χ3v) is 6.77. The number of benzene rings is 2. The standard InChI is InChI=1S/C28H30F3N3O3/c1-32-26(35)25(19-7-5-4-6-8-19)34-16-15-20-17-23(36-2)27(37-3)33-24(20)22(34)14-11-18-9-12-21(13-10-18)28(29,30)31/h4-10,12-13,17,22,25H,11,14-16H2,1-3H3,(H,32,35)/t22-,25?/m0/s1. The molecule has 1 aromatic heterocycles. The van der Waals surface area contributed by atoms with Crippen molar-refractivity contribution in [3.05, 3.63) is 88.6 Å². The summed E-state index contributed by atoms with van der Waals surface area (Å²) in [6.45, 7) is 0.592. The molecule has 1 amide bonds. The van der Waals surface area contributed by atoms with Crippen molar-refractivity contribution >= 4 is 5.91 Å². The van der Waals surface area contributed by atoms with Crippen molar-refractivity contribution in [2.45, 2.75) is 37.5 Å². The van der Waals surface area contributed by atoms with E-state index in [2.05, 4.69) is 10.2 Å². The molecular weight excluding hydrogens is 483 g/mol. The first-order chi connectivity index (χ1) is 17.8. The van der Waals surface area contributed by atoms with Gasteiger partial charge in [0, 0.05) is 13.6 Å². The summed E-state index contributed by atoms with van der Waals surface area (Å²) < 4.78 is 50.0. The summed E-state index contributed by atoms with van der Waals surface area (Å²) in [5.41, 5.74) is 2.72. The van der Waals surface area contributed by atoms with Crippen molar-refractivity contribution in [2.75, 3.05) is 27.8 Å². The van der Waals surface area contributed by atoms with Gasteiger partial charge in [-0.2, -0.15) is 13.2 Å². The Balaban J connectivity index is 1.73. The lowest BCUT2D eigenvalue weighted by Crippen LogP contribution is -2.45. The van der Waals surface area contributed by atoms with Crippen molar-refractivity contribution in [1.82, 2.24) is 15.2 Å². The second kappa shape index (κ2) is 11.2. The molecule has 2 heterocycles. The van der Waals surface area contributed by atoms with Crippen LogP contribution in [0.4, 0.5) is 13.2 Å². The van der Waals surface area contributed by atoms with Crippen molar-refractivity contribution < 1.29 is 27.4 Å². The van der Waals surface area contributed by atoms with E-state index in [-0.39, 0.29) is 11.9 Å². The van der Waals surface area contributed by atoms with Crippen molar-refractivity contribution in [3.8, 4) is 11.6 Å². The first kappa shape index (κ1) is 26.5. The smallest absolute Gasteiger partial charge is 0.416 e. The minimum atomic E-state index is -4.38. The molecule has 6 nitrogen and oxygen atoms in total. The van der Waals surface area contributed by atoms with Gasteiger partial charge in [-0.15, -0.1) is 0 Å². The molecule has 37 heavy (non-hydrogen) atoms. The minimum absolute atomic E-state index is 0.144. The number of methoxy groups -OCH3 is 2. The zero-order chi connectivity index (χ0) is 26.6. The summed E-state index contributed by atoms with van der Waals surface area (Å²) in [5, 5.41) is 2.79. The highest BCUT2D eigenvalue weighted by molar-refractivity contribution is 5.83. The Hall–Kier alpha value is -3.59. The molecule has 0 bridgehead atoms. The molecule has 0 saturated heterocycles. The van der Waals surface area contributed by atoms with Gasteiger partial charge in [0.2, 0.25) is 5.91 Å². The average molecular weight is 514 g/mol. The predicted octanol–water partition coefficient (Wildman–Crippen LogP) is 5.14. The van der Waals surface area contributed by atoms with Crippen molar-refractivity contribution in [2.24, 2.45) is 0 Å². The van der Waals surface area contributed by atoms with E-state index in [1.165, 1.54) is 19.2 Å². The Kier molecular flexibility index (Phi) is 8.02. The average Bonchev–Trinajstić information content (AvgIpc) is 2.91. The summed E-state index contributed by atoms with van der Waals surface area (Å²) >= 11 is 0. The molecule has 0 radical (unpaired) electrons. The first-order valence-electron chi connectivity index (χ1n) is 12.1. The fourth-order valence-electron chi connectivity index (χ4n) is 4.91. The van der Waals surface area contributed by atoms with Gasteiger partial charge in [-0.1, -0.05) is 42.5 Å². The zero-order valence-corrected chi connectivity index (χ0v) is 21.0. The Labute approximate surface area is 214 Å². The van der Waals surface area contributed by atoms with Gasteiger partial charge in [-0.25, -0.2) is 4.98 Å². The molecule has 2 atom stereocenters. The molecule has 0 saturated carbocycles. The Morgan fingerprint density at radius 1 is 1.11 bits per heavy atom.